The predicted molar refractivity (Wildman–Crippen MR) is 124 cm³/mol. The Bertz CT molecular complexity index is 907. The predicted octanol–water partition coefficient (Wildman–Crippen LogP) is 4.48. The van der Waals surface area contributed by atoms with E-state index in [2.05, 4.69) is 35.3 Å². The molecule has 2 N–H and O–H groups in total. The maximum Gasteiger partial charge on any atom is 0.239 e. The SMILES string of the molecule is C\C=C/C=C(/C=C/c1cc(O)c(OC)c(OC)c1)NCCCSc1cccc[n+]1C. The number of pyridine rings is 1. The number of hydrogen-bond donors (Lipinski definition) is 2. The Morgan fingerprint density at radius 1 is 1.23 bits per heavy atom. The van der Waals surface area contributed by atoms with Crippen LogP contribution in [0.3, 0.4) is 0 Å². The number of nitrogens with zero attached hydrogens (tertiary/aromatic N) is 1. The molecule has 160 valence electrons. The number of nitrogens with one attached hydrogen (secondary N) is 1. The molecule has 0 bridgehead atoms. The Morgan fingerprint density at radius 3 is 2.77 bits per heavy atom. The van der Waals surface area contributed by atoms with Gasteiger partial charge in [-0.15, -0.1) is 0 Å². The molecule has 0 aliphatic heterocycles. The van der Waals surface area contributed by atoms with Crippen molar-refractivity contribution < 1.29 is 19.1 Å². The van der Waals surface area contributed by atoms with Crippen molar-refractivity contribution in [3.05, 3.63) is 72.1 Å². The third kappa shape index (κ3) is 7.19. The second-order valence-electron chi connectivity index (χ2n) is 6.54. The van der Waals surface area contributed by atoms with Gasteiger partial charge in [0.25, 0.3) is 0 Å². The van der Waals surface area contributed by atoms with Crippen LogP contribution < -0.4 is 19.4 Å². The molecule has 1 heterocycles. The Kier molecular flexibility index (Phi) is 9.87. The number of rotatable bonds is 11. The summed E-state index contributed by atoms with van der Waals surface area (Å²) in [5.74, 6) is 1.92. The molecular weight excluding hydrogens is 396 g/mol. The van der Waals surface area contributed by atoms with Gasteiger partial charge in [-0.1, -0.05) is 30.0 Å². The number of benzene rings is 1. The molecule has 30 heavy (non-hydrogen) atoms. The number of methoxy groups -OCH3 is 2. The molecule has 0 saturated heterocycles. The van der Waals surface area contributed by atoms with Gasteiger partial charge in [-0.2, -0.15) is 4.57 Å². The molecule has 0 saturated carbocycles. The fourth-order valence-corrected chi connectivity index (χ4v) is 3.70. The average Bonchev–Trinajstić information content (AvgIpc) is 2.75. The molecule has 0 spiro atoms. The summed E-state index contributed by atoms with van der Waals surface area (Å²) in [7, 11) is 5.12. The third-order valence-corrected chi connectivity index (χ3v) is 5.53. The monoisotopic (exact) mass is 427 g/mol. The van der Waals surface area contributed by atoms with E-state index in [0.717, 1.165) is 30.0 Å². The molecule has 0 aliphatic rings. The lowest BCUT2D eigenvalue weighted by Gasteiger charge is -2.10. The topological polar surface area (TPSA) is 54.6 Å². The molecule has 6 heteroatoms. The molecule has 0 amide bonds. The van der Waals surface area contributed by atoms with Crippen molar-refractivity contribution >= 4 is 17.8 Å². The van der Waals surface area contributed by atoms with E-state index in [9.17, 15) is 5.11 Å². The largest absolute Gasteiger partial charge is 0.504 e. The van der Waals surface area contributed by atoms with Crippen LogP contribution in [-0.2, 0) is 7.05 Å². The Morgan fingerprint density at radius 2 is 2.07 bits per heavy atom. The van der Waals surface area contributed by atoms with E-state index in [0.29, 0.717) is 11.5 Å². The van der Waals surface area contributed by atoms with E-state index in [1.54, 1.807) is 13.2 Å². The molecule has 0 unspecified atom stereocenters. The summed E-state index contributed by atoms with van der Waals surface area (Å²) in [6, 6.07) is 9.72. The van der Waals surface area contributed by atoms with Crippen molar-refractivity contribution in [3.63, 3.8) is 0 Å². The lowest BCUT2D eigenvalue weighted by molar-refractivity contribution is -0.708. The Balaban J connectivity index is 1.96. The Hall–Kier alpha value is -2.86. The van der Waals surface area contributed by atoms with E-state index in [1.165, 1.54) is 12.1 Å². The fourth-order valence-electron chi connectivity index (χ4n) is 2.76. The number of phenolic OH excluding ortho intramolecular Hbond substituents is 1. The van der Waals surface area contributed by atoms with Crippen LogP contribution in [0, 0.1) is 0 Å². The van der Waals surface area contributed by atoms with Crippen LogP contribution in [0.5, 0.6) is 17.2 Å². The molecule has 1 aromatic carbocycles. The lowest BCUT2D eigenvalue weighted by Crippen LogP contribution is -2.29. The fraction of sp³-hybridized carbons (Fsp3) is 0.292. The normalized spacial score (nSPS) is 11.9. The molecule has 1 aromatic heterocycles. The third-order valence-electron chi connectivity index (χ3n) is 4.31. The summed E-state index contributed by atoms with van der Waals surface area (Å²) in [6.45, 7) is 2.86. The minimum Gasteiger partial charge on any atom is -0.504 e. The van der Waals surface area contributed by atoms with E-state index >= 15 is 0 Å². The highest BCUT2D eigenvalue weighted by molar-refractivity contribution is 7.99. The van der Waals surface area contributed by atoms with Gasteiger partial charge in [-0.3, -0.25) is 0 Å². The van der Waals surface area contributed by atoms with Crippen LogP contribution in [0.25, 0.3) is 6.08 Å². The first-order valence-corrected chi connectivity index (χ1v) is 10.8. The zero-order valence-corrected chi connectivity index (χ0v) is 18.9. The zero-order valence-electron chi connectivity index (χ0n) is 18.1. The average molecular weight is 428 g/mol. The molecule has 2 rings (SSSR count). The van der Waals surface area contributed by atoms with Crippen molar-refractivity contribution in [1.29, 1.82) is 0 Å². The van der Waals surface area contributed by atoms with E-state index in [-0.39, 0.29) is 5.75 Å². The minimum atomic E-state index is 0.0505. The first-order valence-electron chi connectivity index (χ1n) is 9.86. The molecular formula is C24H31N2O3S+. The van der Waals surface area contributed by atoms with Crippen LogP contribution in [0.4, 0.5) is 0 Å². The van der Waals surface area contributed by atoms with Crippen molar-refractivity contribution in [3.8, 4) is 17.2 Å². The molecule has 2 aromatic rings. The number of thioether (sulfide) groups is 1. The molecule has 0 atom stereocenters. The van der Waals surface area contributed by atoms with Gasteiger partial charge in [0, 0.05) is 30.1 Å². The van der Waals surface area contributed by atoms with Crippen molar-refractivity contribution in [2.24, 2.45) is 7.05 Å². The maximum absolute atomic E-state index is 10.1. The van der Waals surface area contributed by atoms with Crippen LogP contribution in [0.15, 0.2) is 71.6 Å². The van der Waals surface area contributed by atoms with Crippen LogP contribution in [-0.4, -0.2) is 31.6 Å². The summed E-state index contributed by atoms with van der Waals surface area (Å²) in [5.41, 5.74) is 1.82. The number of phenols is 1. The number of aromatic nitrogens is 1. The number of allylic oxidation sites excluding steroid dienone is 4. The summed E-state index contributed by atoms with van der Waals surface area (Å²) >= 11 is 1.85. The van der Waals surface area contributed by atoms with E-state index in [1.807, 2.05) is 61.2 Å². The highest BCUT2D eigenvalue weighted by atomic mass is 32.2. The zero-order chi connectivity index (χ0) is 21.8. The number of aromatic hydroxyl groups is 1. The van der Waals surface area contributed by atoms with Crippen LogP contribution in [0.2, 0.25) is 0 Å². The highest BCUT2D eigenvalue weighted by Gasteiger charge is 2.10. The Labute approximate surface area is 183 Å². The summed E-state index contributed by atoms with van der Waals surface area (Å²) < 4.78 is 12.6. The summed E-state index contributed by atoms with van der Waals surface area (Å²) in [6.07, 6.45) is 13.0. The second-order valence-corrected chi connectivity index (χ2v) is 7.65. The van der Waals surface area contributed by atoms with Gasteiger partial charge in [0.2, 0.25) is 10.8 Å². The first kappa shape index (κ1) is 23.4. The van der Waals surface area contributed by atoms with Gasteiger partial charge in [0.15, 0.2) is 17.7 Å². The number of hydrogen-bond acceptors (Lipinski definition) is 5. The van der Waals surface area contributed by atoms with Gasteiger partial charge < -0.3 is 19.9 Å². The molecule has 5 nitrogen and oxygen atoms in total. The second kappa shape index (κ2) is 12.6. The molecule has 0 aliphatic carbocycles. The van der Waals surface area contributed by atoms with Crippen LogP contribution >= 0.6 is 11.8 Å². The van der Waals surface area contributed by atoms with Gasteiger partial charge in [0.1, 0.15) is 7.05 Å². The first-order chi connectivity index (χ1) is 14.6. The smallest absolute Gasteiger partial charge is 0.239 e. The minimum absolute atomic E-state index is 0.0505. The number of ether oxygens (including phenoxy) is 2. The van der Waals surface area contributed by atoms with Gasteiger partial charge >= 0.3 is 0 Å². The van der Waals surface area contributed by atoms with Crippen LogP contribution in [0.1, 0.15) is 18.9 Å². The quantitative estimate of drug-likeness (QED) is 0.240. The van der Waals surface area contributed by atoms with Gasteiger partial charge in [-0.25, -0.2) is 0 Å². The maximum atomic E-state index is 10.1. The lowest BCUT2D eigenvalue weighted by atomic mass is 10.1. The standard InChI is InChI=1S/C24H30N2O3S/c1-5-6-10-20(25-14-9-16-30-23-11-7-8-15-26(23)2)13-12-19-17-21(27)24(29-4)22(18-19)28-3/h5-8,10-13,15,17-18,25H,9,14,16H2,1-4H3/p+1/b6-5-,13-12+,20-10-. The summed E-state index contributed by atoms with van der Waals surface area (Å²) in [4.78, 5) is 0. The summed E-state index contributed by atoms with van der Waals surface area (Å²) in [5, 5.41) is 14.9. The molecule has 0 radical (unpaired) electrons. The van der Waals surface area contributed by atoms with E-state index < -0.39 is 0 Å². The highest BCUT2D eigenvalue weighted by Crippen LogP contribution is 2.37. The van der Waals surface area contributed by atoms with E-state index in [4.69, 9.17) is 9.47 Å². The van der Waals surface area contributed by atoms with Crippen molar-refractivity contribution in [2.45, 2.75) is 18.4 Å². The molecule has 0 fully saturated rings. The van der Waals surface area contributed by atoms with Crippen molar-refractivity contribution in [2.75, 3.05) is 26.5 Å². The number of aryl methyl sites for hydroxylation is 1. The van der Waals surface area contributed by atoms with Crippen molar-refractivity contribution in [1.82, 2.24) is 5.32 Å². The van der Waals surface area contributed by atoms with Gasteiger partial charge in [0.05, 0.1) is 14.2 Å². The van der Waals surface area contributed by atoms with Gasteiger partial charge in [-0.05, 0) is 49.3 Å².